The summed E-state index contributed by atoms with van der Waals surface area (Å²) in [5.74, 6) is 1.10. The minimum atomic E-state index is 0.226. The third-order valence-electron chi connectivity index (χ3n) is 4.34. The molecule has 0 amide bonds. The van der Waals surface area contributed by atoms with Gasteiger partial charge in [-0.2, -0.15) is 0 Å². The van der Waals surface area contributed by atoms with Crippen LogP contribution in [0, 0.1) is 6.92 Å². The number of hydrogen-bond acceptors (Lipinski definition) is 4. The van der Waals surface area contributed by atoms with E-state index in [0.29, 0.717) is 6.04 Å². The molecule has 0 spiro atoms. The molecule has 21 heavy (non-hydrogen) atoms. The second-order valence-corrected chi connectivity index (χ2v) is 6.21. The molecule has 2 heterocycles. The maximum Gasteiger partial charge on any atom is 0.131 e. The van der Waals surface area contributed by atoms with Crippen LogP contribution >= 0.6 is 0 Å². The van der Waals surface area contributed by atoms with Crippen LogP contribution in [-0.2, 0) is 11.2 Å². The van der Waals surface area contributed by atoms with Crippen LogP contribution in [0.4, 0.5) is 5.82 Å². The number of ether oxygens (including phenoxy) is 1. The highest BCUT2D eigenvalue weighted by Crippen LogP contribution is 2.25. The summed E-state index contributed by atoms with van der Waals surface area (Å²) in [5, 5.41) is 0. The van der Waals surface area contributed by atoms with Gasteiger partial charge in [0.2, 0.25) is 0 Å². The standard InChI is InChI=1S/C17H29N3O/c1-5-15(18)8-14-7-12(3)17(19-9-14)20-10-13(4)21-11-16(20)6-2/h7,9,13,15-16H,5-6,8,10-11,18H2,1-4H3. The van der Waals surface area contributed by atoms with Crippen molar-refractivity contribution in [2.45, 2.75) is 65.1 Å². The lowest BCUT2D eigenvalue weighted by Gasteiger charge is -2.39. The smallest absolute Gasteiger partial charge is 0.131 e. The first-order valence-electron chi connectivity index (χ1n) is 8.14. The molecule has 0 bridgehead atoms. The highest BCUT2D eigenvalue weighted by molar-refractivity contribution is 5.49. The molecule has 2 N–H and O–H groups in total. The second kappa shape index (κ2) is 7.23. The molecule has 0 aromatic carbocycles. The Morgan fingerprint density at radius 1 is 1.48 bits per heavy atom. The van der Waals surface area contributed by atoms with Crippen LogP contribution in [0.15, 0.2) is 12.3 Å². The number of nitrogens with two attached hydrogens (primary N) is 1. The number of morpholine rings is 1. The van der Waals surface area contributed by atoms with Crippen LogP contribution in [0.2, 0.25) is 0 Å². The minimum Gasteiger partial charge on any atom is -0.375 e. The second-order valence-electron chi connectivity index (χ2n) is 6.21. The molecule has 2 rings (SSSR count). The predicted octanol–water partition coefficient (Wildman–Crippen LogP) is 2.67. The topological polar surface area (TPSA) is 51.4 Å². The molecule has 1 fully saturated rings. The first-order valence-corrected chi connectivity index (χ1v) is 8.14. The Kier molecular flexibility index (Phi) is 5.59. The van der Waals surface area contributed by atoms with E-state index in [1.807, 2.05) is 6.20 Å². The van der Waals surface area contributed by atoms with Crippen LogP contribution in [0.25, 0.3) is 0 Å². The van der Waals surface area contributed by atoms with Gasteiger partial charge in [0.05, 0.1) is 18.8 Å². The maximum absolute atomic E-state index is 6.04. The zero-order valence-electron chi connectivity index (χ0n) is 13.8. The molecule has 1 saturated heterocycles. The predicted molar refractivity (Wildman–Crippen MR) is 87.8 cm³/mol. The highest BCUT2D eigenvalue weighted by Gasteiger charge is 2.27. The van der Waals surface area contributed by atoms with Crippen molar-refractivity contribution in [3.8, 4) is 0 Å². The fourth-order valence-corrected chi connectivity index (χ4v) is 2.93. The maximum atomic E-state index is 6.04. The van der Waals surface area contributed by atoms with Crippen LogP contribution in [0.1, 0.15) is 44.7 Å². The number of anilines is 1. The lowest BCUT2D eigenvalue weighted by Crippen LogP contribution is -2.49. The van der Waals surface area contributed by atoms with Crippen molar-refractivity contribution in [3.05, 3.63) is 23.4 Å². The molecule has 4 nitrogen and oxygen atoms in total. The average molecular weight is 291 g/mol. The van der Waals surface area contributed by atoms with Gasteiger partial charge in [0.15, 0.2) is 0 Å². The molecule has 1 aromatic rings. The highest BCUT2D eigenvalue weighted by atomic mass is 16.5. The van der Waals surface area contributed by atoms with Gasteiger partial charge < -0.3 is 15.4 Å². The Balaban J connectivity index is 2.18. The SMILES string of the molecule is CCC(N)Cc1cnc(N2CC(C)OCC2CC)c(C)c1. The van der Waals surface area contributed by atoms with Gasteiger partial charge in [-0.25, -0.2) is 4.98 Å². The van der Waals surface area contributed by atoms with Gasteiger partial charge in [-0.1, -0.05) is 19.9 Å². The van der Waals surface area contributed by atoms with Crippen molar-refractivity contribution in [3.63, 3.8) is 0 Å². The number of hydrogen-bond donors (Lipinski definition) is 1. The number of rotatable bonds is 5. The molecule has 3 unspecified atom stereocenters. The molecule has 118 valence electrons. The van der Waals surface area contributed by atoms with E-state index in [2.05, 4.69) is 38.7 Å². The van der Waals surface area contributed by atoms with Crippen LogP contribution in [0.5, 0.6) is 0 Å². The molecule has 0 radical (unpaired) electrons. The molecule has 1 aliphatic heterocycles. The van der Waals surface area contributed by atoms with E-state index in [-0.39, 0.29) is 12.1 Å². The van der Waals surface area contributed by atoms with Gasteiger partial charge in [0, 0.05) is 18.8 Å². The molecule has 0 saturated carbocycles. The van der Waals surface area contributed by atoms with Crippen LogP contribution < -0.4 is 10.6 Å². The molecular formula is C17H29N3O. The van der Waals surface area contributed by atoms with E-state index < -0.39 is 0 Å². The van der Waals surface area contributed by atoms with Crippen molar-refractivity contribution in [1.82, 2.24) is 4.98 Å². The zero-order chi connectivity index (χ0) is 15.4. The summed E-state index contributed by atoms with van der Waals surface area (Å²) in [6.45, 7) is 10.3. The summed E-state index contributed by atoms with van der Waals surface area (Å²) in [4.78, 5) is 7.15. The van der Waals surface area contributed by atoms with E-state index in [1.54, 1.807) is 0 Å². The fraction of sp³-hybridized carbons (Fsp3) is 0.706. The summed E-state index contributed by atoms with van der Waals surface area (Å²) < 4.78 is 5.78. The monoisotopic (exact) mass is 291 g/mol. The third kappa shape index (κ3) is 3.95. The van der Waals surface area contributed by atoms with Gasteiger partial charge in [-0.15, -0.1) is 0 Å². The van der Waals surface area contributed by atoms with E-state index in [9.17, 15) is 0 Å². The van der Waals surface area contributed by atoms with E-state index >= 15 is 0 Å². The first-order chi connectivity index (χ1) is 10.0. The van der Waals surface area contributed by atoms with Crippen molar-refractivity contribution in [2.75, 3.05) is 18.1 Å². The van der Waals surface area contributed by atoms with Crippen molar-refractivity contribution in [2.24, 2.45) is 5.73 Å². The quantitative estimate of drug-likeness (QED) is 0.906. The first kappa shape index (κ1) is 16.2. The lowest BCUT2D eigenvalue weighted by atomic mass is 10.0. The Labute approximate surface area is 128 Å². The molecule has 1 aromatic heterocycles. The zero-order valence-corrected chi connectivity index (χ0v) is 13.8. The van der Waals surface area contributed by atoms with E-state index in [4.69, 9.17) is 15.5 Å². The average Bonchev–Trinajstić information content (AvgIpc) is 2.47. The molecule has 0 aliphatic carbocycles. The summed E-state index contributed by atoms with van der Waals surface area (Å²) in [5.41, 5.74) is 8.52. The summed E-state index contributed by atoms with van der Waals surface area (Å²) in [7, 11) is 0. The molecule has 1 aliphatic rings. The van der Waals surface area contributed by atoms with Crippen molar-refractivity contribution >= 4 is 5.82 Å². The molecular weight excluding hydrogens is 262 g/mol. The Morgan fingerprint density at radius 2 is 2.24 bits per heavy atom. The third-order valence-corrected chi connectivity index (χ3v) is 4.34. The van der Waals surface area contributed by atoms with Crippen LogP contribution in [-0.4, -0.2) is 36.3 Å². The Bertz CT molecular complexity index is 463. The molecule has 3 atom stereocenters. The van der Waals surface area contributed by atoms with Gasteiger partial charge in [0.25, 0.3) is 0 Å². The summed E-state index contributed by atoms with van der Waals surface area (Å²) >= 11 is 0. The minimum absolute atomic E-state index is 0.226. The van der Waals surface area contributed by atoms with E-state index in [0.717, 1.165) is 38.2 Å². The van der Waals surface area contributed by atoms with Gasteiger partial charge >= 0.3 is 0 Å². The van der Waals surface area contributed by atoms with E-state index in [1.165, 1.54) is 11.1 Å². The Morgan fingerprint density at radius 3 is 2.86 bits per heavy atom. The number of pyridine rings is 1. The van der Waals surface area contributed by atoms with Gasteiger partial charge in [0.1, 0.15) is 5.82 Å². The molecule has 4 heteroatoms. The summed E-state index contributed by atoms with van der Waals surface area (Å²) in [6, 6.07) is 2.89. The van der Waals surface area contributed by atoms with Crippen molar-refractivity contribution in [1.29, 1.82) is 0 Å². The largest absolute Gasteiger partial charge is 0.375 e. The number of nitrogens with zero attached hydrogens (tertiary/aromatic N) is 2. The van der Waals surface area contributed by atoms with Gasteiger partial charge in [-0.05, 0) is 44.2 Å². The summed E-state index contributed by atoms with van der Waals surface area (Å²) in [6.07, 6.45) is 5.24. The number of aryl methyl sites for hydroxylation is 1. The normalized spacial score (nSPS) is 24.1. The Hall–Kier alpha value is -1.13. The van der Waals surface area contributed by atoms with Gasteiger partial charge in [-0.3, -0.25) is 0 Å². The van der Waals surface area contributed by atoms with Crippen molar-refractivity contribution < 1.29 is 4.74 Å². The fourth-order valence-electron chi connectivity index (χ4n) is 2.93. The van der Waals surface area contributed by atoms with Crippen LogP contribution in [0.3, 0.4) is 0 Å². The number of aromatic nitrogens is 1. The lowest BCUT2D eigenvalue weighted by molar-refractivity contribution is 0.0296.